The number of aliphatic carboxylic acids is 1. The van der Waals surface area contributed by atoms with Crippen molar-refractivity contribution in [3.05, 3.63) is 11.6 Å². The van der Waals surface area contributed by atoms with Crippen LogP contribution in [0.25, 0.3) is 0 Å². The Hall–Kier alpha value is -0.830. The van der Waals surface area contributed by atoms with E-state index in [0.29, 0.717) is 18.1 Å². The van der Waals surface area contributed by atoms with E-state index in [1.165, 1.54) is 82.6 Å². The van der Waals surface area contributed by atoms with Crippen molar-refractivity contribution in [1.29, 1.82) is 0 Å². The lowest BCUT2D eigenvalue weighted by atomic mass is 9.83. The first-order valence-electron chi connectivity index (χ1n) is 11.3. The second kappa shape index (κ2) is 12.5. The summed E-state index contributed by atoms with van der Waals surface area (Å²) in [6.07, 6.45) is 22.9. The van der Waals surface area contributed by atoms with Gasteiger partial charge in [0.1, 0.15) is 6.10 Å². The largest absolute Gasteiger partial charge is 0.481 e. The predicted octanol–water partition coefficient (Wildman–Crippen LogP) is 6.66. The van der Waals surface area contributed by atoms with Crippen LogP contribution in [0.2, 0.25) is 0 Å². The third kappa shape index (κ3) is 8.24. The number of allylic oxidation sites excluding steroid dienone is 1. The van der Waals surface area contributed by atoms with E-state index in [1.54, 1.807) is 0 Å². The summed E-state index contributed by atoms with van der Waals surface area (Å²) in [5.74, 6) is -0.213. The highest BCUT2D eigenvalue weighted by Gasteiger charge is 2.49. The number of rotatable bonds is 15. The number of ether oxygens (including phenoxy) is 1. The Morgan fingerprint density at radius 2 is 1.65 bits per heavy atom. The number of epoxide rings is 1. The summed E-state index contributed by atoms with van der Waals surface area (Å²) in [5.41, 5.74) is 1.49. The van der Waals surface area contributed by atoms with Crippen LogP contribution >= 0.6 is 0 Å². The fraction of sp³-hybridized carbons (Fsp3) is 0.870. The van der Waals surface area contributed by atoms with E-state index in [2.05, 4.69) is 13.0 Å². The van der Waals surface area contributed by atoms with Crippen molar-refractivity contribution < 1.29 is 14.6 Å². The Morgan fingerprint density at radius 1 is 1.04 bits per heavy atom. The summed E-state index contributed by atoms with van der Waals surface area (Å²) in [6.45, 7) is 2.28. The lowest BCUT2D eigenvalue weighted by Crippen LogP contribution is -2.19. The van der Waals surface area contributed by atoms with Crippen molar-refractivity contribution in [2.45, 2.75) is 122 Å². The number of carbonyl (C=O) groups is 1. The minimum atomic E-state index is -0.681. The summed E-state index contributed by atoms with van der Waals surface area (Å²) >= 11 is 0. The first-order valence-corrected chi connectivity index (χ1v) is 11.3. The highest BCUT2D eigenvalue weighted by Crippen LogP contribution is 2.45. The molecule has 3 heteroatoms. The van der Waals surface area contributed by atoms with Crippen LogP contribution in [-0.4, -0.2) is 23.3 Å². The Bertz CT molecular complexity index is 429. The van der Waals surface area contributed by atoms with Crippen molar-refractivity contribution >= 4 is 5.97 Å². The molecule has 1 saturated heterocycles. The molecule has 2 aliphatic rings. The van der Waals surface area contributed by atoms with Crippen LogP contribution in [0.5, 0.6) is 0 Å². The Labute approximate surface area is 160 Å². The molecule has 26 heavy (non-hydrogen) atoms. The van der Waals surface area contributed by atoms with Gasteiger partial charge in [-0.25, -0.2) is 0 Å². The van der Waals surface area contributed by atoms with Gasteiger partial charge in [-0.05, 0) is 43.6 Å². The average Bonchev–Trinajstić information content (AvgIpc) is 3.42. The zero-order valence-electron chi connectivity index (χ0n) is 16.9. The van der Waals surface area contributed by atoms with Crippen LogP contribution in [0.4, 0.5) is 0 Å². The molecule has 0 aromatic carbocycles. The van der Waals surface area contributed by atoms with E-state index in [9.17, 15) is 4.79 Å². The third-order valence-electron chi connectivity index (χ3n) is 6.10. The van der Waals surface area contributed by atoms with Gasteiger partial charge in [0, 0.05) is 6.42 Å². The molecule has 3 nitrogen and oxygen atoms in total. The number of fused-ring (bicyclic) bond motifs is 1. The maximum Gasteiger partial charge on any atom is 0.303 e. The highest BCUT2D eigenvalue weighted by molar-refractivity contribution is 5.66. The second-order valence-electron chi connectivity index (χ2n) is 8.36. The molecule has 0 unspecified atom stereocenters. The molecule has 2 rings (SSSR count). The van der Waals surface area contributed by atoms with Crippen molar-refractivity contribution in [3.63, 3.8) is 0 Å². The molecule has 1 aliphatic carbocycles. The number of hydrogen-bond acceptors (Lipinski definition) is 2. The molecule has 0 bridgehead atoms. The molecule has 3 atom stereocenters. The van der Waals surface area contributed by atoms with Gasteiger partial charge >= 0.3 is 5.97 Å². The number of hydrogen-bond donors (Lipinski definition) is 1. The number of unbranched alkanes of at least 4 members (excludes halogenated alkanes) is 11. The zero-order chi connectivity index (χ0) is 18.6. The Balaban J connectivity index is 1.43. The van der Waals surface area contributed by atoms with Gasteiger partial charge in [0.2, 0.25) is 0 Å². The van der Waals surface area contributed by atoms with Crippen LogP contribution < -0.4 is 0 Å². The second-order valence-corrected chi connectivity index (χ2v) is 8.36. The average molecular weight is 365 g/mol. The fourth-order valence-electron chi connectivity index (χ4n) is 4.37. The normalized spacial score (nSPS) is 26.0. The van der Waals surface area contributed by atoms with E-state index in [4.69, 9.17) is 9.84 Å². The van der Waals surface area contributed by atoms with Gasteiger partial charge in [0.15, 0.2) is 0 Å². The van der Waals surface area contributed by atoms with Crippen molar-refractivity contribution in [3.8, 4) is 0 Å². The molecular weight excluding hydrogens is 324 g/mol. The van der Waals surface area contributed by atoms with Crippen LogP contribution in [0.3, 0.4) is 0 Å². The van der Waals surface area contributed by atoms with E-state index in [0.717, 1.165) is 19.3 Å². The SMILES string of the molecule is CCCCCCCCCCCCC/C=C1\CC[C@H](CCC(=O)O)[C@H]2O[C@@H]12. The summed E-state index contributed by atoms with van der Waals surface area (Å²) in [5, 5.41) is 8.82. The van der Waals surface area contributed by atoms with Crippen LogP contribution in [0.15, 0.2) is 11.6 Å². The molecule has 0 aromatic heterocycles. The molecule has 1 heterocycles. The first kappa shape index (κ1) is 21.5. The zero-order valence-corrected chi connectivity index (χ0v) is 16.9. The van der Waals surface area contributed by atoms with Gasteiger partial charge in [0.25, 0.3) is 0 Å². The molecule has 0 radical (unpaired) electrons. The van der Waals surface area contributed by atoms with Crippen LogP contribution in [-0.2, 0) is 9.53 Å². The van der Waals surface area contributed by atoms with Gasteiger partial charge < -0.3 is 9.84 Å². The van der Waals surface area contributed by atoms with Gasteiger partial charge in [-0.2, -0.15) is 0 Å². The quantitative estimate of drug-likeness (QED) is 0.201. The lowest BCUT2D eigenvalue weighted by Gasteiger charge is -2.19. The molecule has 150 valence electrons. The molecule has 2 fully saturated rings. The summed E-state index contributed by atoms with van der Waals surface area (Å²) in [7, 11) is 0. The van der Waals surface area contributed by atoms with E-state index < -0.39 is 5.97 Å². The van der Waals surface area contributed by atoms with Crippen LogP contribution in [0, 0.1) is 5.92 Å². The maximum absolute atomic E-state index is 10.7. The fourth-order valence-corrected chi connectivity index (χ4v) is 4.37. The molecule has 1 saturated carbocycles. The molecule has 0 spiro atoms. The van der Waals surface area contributed by atoms with E-state index in [1.807, 2.05) is 0 Å². The standard InChI is InChI=1S/C23H40O3/c1-2-3-4-5-6-7-8-9-10-11-12-13-14-19-15-16-20(17-18-21(24)25)23-22(19)26-23/h14,20,22-23H,2-13,15-18H2,1H3,(H,24,25)/b19-14+/t20-,22+,23-/m1/s1. The summed E-state index contributed by atoms with van der Waals surface area (Å²) in [4.78, 5) is 10.7. The topological polar surface area (TPSA) is 49.8 Å². The van der Waals surface area contributed by atoms with E-state index >= 15 is 0 Å². The Morgan fingerprint density at radius 3 is 2.27 bits per heavy atom. The monoisotopic (exact) mass is 364 g/mol. The predicted molar refractivity (Wildman–Crippen MR) is 107 cm³/mol. The lowest BCUT2D eigenvalue weighted by molar-refractivity contribution is -0.137. The molecule has 0 aromatic rings. The summed E-state index contributed by atoms with van der Waals surface area (Å²) in [6, 6.07) is 0. The summed E-state index contributed by atoms with van der Waals surface area (Å²) < 4.78 is 5.83. The minimum Gasteiger partial charge on any atom is -0.481 e. The van der Waals surface area contributed by atoms with Gasteiger partial charge in [0.05, 0.1) is 6.10 Å². The third-order valence-corrected chi connectivity index (χ3v) is 6.10. The molecule has 0 amide bonds. The van der Waals surface area contributed by atoms with Crippen molar-refractivity contribution in [2.75, 3.05) is 0 Å². The molecular formula is C23H40O3. The smallest absolute Gasteiger partial charge is 0.303 e. The molecule has 1 aliphatic heterocycles. The van der Waals surface area contributed by atoms with E-state index in [-0.39, 0.29) is 6.42 Å². The van der Waals surface area contributed by atoms with Gasteiger partial charge in [-0.1, -0.05) is 77.2 Å². The van der Waals surface area contributed by atoms with Crippen molar-refractivity contribution in [2.24, 2.45) is 5.92 Å². The van der Waals surface area contributed by atoms with Gasteiger partial charge in [-0.3, -0.25) is 4.79 Å². The molecule has 1 N–H and O–H groups in total. The Kier molecular flexibility index (Phi) is 10.4. The highest BCUT2D eigenvalue weighted by atomic mass is 16.6. The van der Waals surface area contributed by atoms with Crippen LogP contribution in [0.1, 0.15) is 110 Å². The number of carboxylic acid groups (broad SMARTS) is 1. The minimum absolute atomic E-state index is 0.287. The van der Waals surface area contributed by atoms with Crippen molar-refractivity contribution in [1.82, 2.24) is 0 Å². The first-order chi connectivity index (χ1) is 12.7. The maximum atomic E-state index is 10.7. The van der Waals surface area contributed by atoms with Gasteiger partial charge in [-0.15, -0.1) is 0 Å². The number of carboxylic acids is 1.